The van der Waals surface area contributed by atoms with Crippen molar-refractivity contribution in [2.45, 2.75) is 12.3 Å². The maximum atomic E-state index is 11.3. The second-order valence-electron chi connectivity index (χ2n) is 4.39. The molecule has 1 aliphatic rings. The molecule has 2 aromatic heterocycles. The average Bonchev–Trinajstić information content (AvgIpc) is 2.97. The number of halogens is 1. The average molecular weight is 310 g/mol. The molecule has 0 aromatic carbocycles. The molecule has 5 nitrogen and oxygen atoms in total. The number of aromatic carboxylic acids is 1. The molecule has 1 fully saturated rings. The van der Waals surface area contributed by atoms with Crippen LogP contribution >= 0.6 is 15.9 Å². The molecule has 0 saturated carbocycles. The van der Waals surface area contributed by atoms with Gasteiger partial charge in [0.25, 0.3) is 0 Å². The van der Waals surface area contributed by atoms with Gasteiger partial charge in [0.1, 0.15) is 16.1 Å². The fourth-order valence-corrected chi connectivity index (χ4v) is 2.93. The zero-order chi connectivity index (χ0) is 12.7. The standard InChI is InChI=1S/C12H12BrN3O2/c13-10-8-2-1-3-9(12(17)18)16(8)11(15-10)7-4-5-14-6-7/h1-3,7,14H,4-6H2,(H,17,18). The van der Waals surface area contributed by atoms with Gasteiger partial charge in [0.05, 0.1) is 5.52 Å². The van der Waals surface area contributed by atoms with Gasteiger partial charge in [0.15, 0.2) is 0 Å². The van der Waals surface area contributed by atoms with Gasteiger partial charge in [-0.15, -0.1) is 0 Å². The van der Waals surface area contributed by atoms with E-state index in [9.17, 15) is 9.90 Å². The molecule has 2 aromatic rings. The van der Waals surface area contributed by atoms with Gasteiger partial charge in [-0.1, -0.05) is 6.07 Å². The van der Waals surface area contributed by atoms with Crippen molar-refractivity contribution in [3.8, 4) is 0 Å². The number of hydrogen-bond acceptors (Lipinski definition) is 3. The Hall–Kier alpha value is -1.40. The van der Waals surface area contributed by atoms with Gasteiger partial charge in [-0.2, -0.15) is 0 Å². The van der Waals surface area contributed by atoms with Gasteiger partial charge in [-0.3, -0.25) is 4.40 Å². The monoisotopic (exact) mass is 309 g/mol. The Morgan fingerprint density at radius 3 is 3.06 bits per heavy atom. The molecule has 0 bridgehead atoms. The third-order valence-corrected chi connectivity index (χ3v) is 3.87. The second kappa shape index (κ2) is 4.37. The first kappa shape index (κ1) is 11.7. The van der Waals surface area contributed by atoms with E-state index in [-0.39, 0.29) is 11.6 Å². The number of carboxylic acids is 1. The molecule has 1 atom stereocenters. The van der Waals surface area contributed by atoms with E-state index in [4.69, 9.17) is 0 Å². The number of nitrogens with one attached hydrogen (secondary N) is 1. The Kier molecular flexibility index (Phi) is 2.83. The summed E-state index contributed by atoms with van der Waals surface area (Å²) >= 11 is 3.40. The van der Waals surface area contributed by atoms with E-state index >= 15 is 0 Å². The van der Waals surface area contributed by atoms with Gasteiger partial charge in [-0.25, -0.2) is 9.78 Å². The zero-order valence-electron chi connectivity index (χ0n) is 9.56. The number of carboxylic acid groups (broad SMARTS) is 1. The minimum absolute atomic E-state index is 0.257. The first-order valence-corrected chi connectivity index (χ1v) is 6.58. The minimum atomic E-state index is -0.933. The quantitative estimate of drug-likeness (QED) is 0.889. The van der Waals surface area contributed by atoms with E-state index in [1.807, 2.05) is 6.07 Å². The topological polar surface area (TPSA) is 66.6 Å². The molecule has 2 N–H and O–H groups in total. The van der Waals surface area contributed by atoms with Crippen LogP contribution in [0.4, 0.5) is 0 Å². The van der Waals surface area contributed by atoms with E-state index in [1.165, 1.54) is 0 Å². The highest BCUT2D eigenvalue weighted by atomic mass is 79.9. The third-order valence-electron chi connectivity index (χ3n) is 3.29. The van der Waals surface area contributed by atoms with E-state index in [0.717, 1.165) is 30.9 Å². The van der Waals surface area contributed by atoms with Crippen molar-refractivity contribution >= 4 is 27.4 Å². The van der Waals surface area contributed by atoms with Crippen molar-refractivity contribution in [2.75, 3.05) is 13.1 Å². The minimum Gasteiger partial charge on any atom is -0.477 e. The molecule has 0 aliphatic carbocycles. The number of pyridine rings is 1. The molecule has 18 heavy (non-hydrogen) atoms. The Labute approximate surface area is 112 Å². The summed E-state index contributed by atoms with van der Waals surface area (Å²) in [6.45, 7) is 1.80. The molecule has 0 radical (unpaired) electrons. The second-order valence-corrected chi connectivity index (χ2v) is 5.14. The van der Waals surface area contributed by atoms with Gasteiger partial charge < -0.3 is 10.4 Å². The van der Waals surface area contributed by atoms with Crippen LogP contribution in [0.2, 0.25) is 0 Å². The highest BCUT2D eigenvalue weighted by Gasteiger charge is 2.25. The number of nitrogens with zero attached hydrogens (tertiary/aromatic N) is 2. The molecule has 1 aliphatic heterocycles. The Bertz CT molecular complexity index is 617. The molecular formula is C12H12BrN3O2. The summed E-state index contributed by atoms with van der Waals surface area (Å²) in [5.74, 6) is 0.155. The molecule has 1 saturated heterocycles. The van der Waals surface area contributed by atoms with E-state index in [1.54, 1.807) is 16.5 Å². The lowest BCUT2D eigenvalue weighted by Crippen LogP contribution is -2.13. The fourth-order valence-electron chi connectivity index (χ4n) is 2.44. The highest BCUT2D eigenvalue weighted by molar-refractivity contribution is 9.10. The molecule has 6 heteroatoms. The van der Waals surface area contributed by atoms with E-state index in [2.05, 4.69) is 26.2 Å². The summed E-state index contributed by atoms with van der Waals surface area (Å²) in [5.41, 5.74) is 1.06. The van der Waals surface area contributed by atoms with Crippen molar-refractivity contribution in [3.63, 3.8) is 0 Å². The number of hydrogen-bond donors (Lipinski definition) is 2. The van der Waals surface area contributed by atoms with E-state index in [0.29, 0.717) is 4.60 Å². The van der Waals surface area contributed by atoms with Crippen molar-refractivity contribution in [1.82, 2.24) is 14.7 Å². The Morgan fingerprint density at radius 1 is 1.56 bits per heavy atom. The summed E-state index contributed by atoms with van der Waals surface area (Å²) in [4.78, 5) is 15.8. The predicted molar refractivity (Wildman–Crippen MR) is 70.1 cm³/mol. The van der Waals surface area contributed by atoms with Gasteiger partial charge in [-0.05, 0) is 41.0 Å². The molecule has 3 rings (SSSR count). The first-order valence-electron chi connectivity index (χ1n) is 5.79. The zero-order valence-corrected chi connectivity index (χ0v) is 11.1. The molecule has 94 valence electrons. The van der Waals surface area contributed by atoms with Crippen LogP contribution in [0.5, 0.6) is 0 Å². The van der Waals surface area contributed by atoms with Crippen LogP contribution in [-0.2, 0) is 0 Å². The molecule has 3 heterocycles. The van der Waals surface area contributed by atoms with Crippen molar-refractivity contribution in [3.05, 3.63) is 34.3 Å². The summed E-state index contributed by atoms with van der Waals surface area (Å²) in [7, 11) is 0. The van der Waals surface area contributed by atoms with Crippen LogP contribution in [0.15, 0.2) is 22.8 Å². The van der Waals surface area contributed by atoms with Gasteiger partial charge >= 0.3 is 5.97 Å². The Morgan fingerprint density at radius 2 is 2.39 bits per heavy atom. The third kappa shape index (κ3) is 1.72. The summed E-state index contributed by atoms with van der Waals surface area (Å²) < 4.78 is 2.44. The van der Waals surface area contributed by atoms with Crippen LogP contribution in [0.25, 0.3) is 5.52 Å². The SMILES string of the molecule is O=C(O)c1cccc2c(Br)nc(C3CCNC3)n12. The maximum absolute atomic E-state index is 11.3. The number of imidazole rings is 1. The van der Waals surface area contributed by atoms with Crippen LogP contribution in [0, 0.1) is 0 Å². The largest absolute Gasteiger partial charge is 0.477 e. The fraction of sp³-hybridized carbons (Fsp3) is 0.333. The summed E-state index contributed by atoms with van der Waals surface area (Å²) in [5, 5.41) is 12.6. The summed E-state index contributed by atoms with van der Waals surface area (Å²) in [6.07, 6.45) is 0.986. The first-order chi connectivity index (χ1) is 8.68. The molecule has 1 unspecified atom stereocenters. The summed E-state index contributed by atoms with van der Waals surface area (Å²) in [6, 6.07) is 5.21. The van der Waals surface area contributed by atoms with Crippen molar-refractivity contribution < 1.29 is 9.90 Å². The van der Waals surface area contributed by atoms with Crippen LogP contribution < -0.4 is 5.32 Å². The van der Waals surface area contributed by atoms with Crippen LogP contribution in [-0.4, -0.2) is 33.6 Å². The van der Waals surface area contributed by atoms with Crippen LogP contribution in [0.1, 0.15) is 28.7 Å². The smallest absolute Gasteiger partial charge is 0.352 e. The van der Waals surface area contributed by atoms with E-state index < -0.39 is 5.97 Å². The van der Waals surface area contributed by atoms with Gasteiger partial charge in [0, 0.05) is 12.5 Å². The molecule has 0 spiro atoms. The lowest BCUT2D eigenvalue weighted by molar-refractivity contribution is 0.0688. The number of aromatic nitrogens is 2. The normalized spacial score (nSPS) is 19.5. The number of rotatable bonds is 2. The molecular weight excluding hydrogens is 298 g/mol. The predicted octanol–water partition coefficient (Wildman–Crippen LogP) is 1.87. The Balaban J connectivity index is 2.27. The lowest BCUT2D eigenvalue weighted by atomic mass is 10.1. The number of carbonyl (C=O) groups is 1. The molecule has 0 amide bonds. The van der Waals surface area contributed by atoms with Crippen LogP contribution in [0.3, 0.4) is 0 Å². The van der Waals surface area contributed by atoms with Gasteiger partial charge in [0.2, 0.25) is 0 Å². The highest BCUT2D eigenvalue weighted by Crippen LogP contribution is 2.28. The number of fused-ring (bicyclic) bond motifs is 1. The lowest BCUT2D eigenvalue weighted by Gasteiger charge is -2.09. The van der Waals surface area contributed by atoms with Crippen molar-refractivity contribution in [2.24, 2.45) is 0 Å². The van der Waals surface area contributed by atoms with Crippen molar-refractivity contribution in [1.29, 1.82) is 0 Å². The maximum Gasteiger partial charge on any atom is 0.352 e.